The maximum atomic E-state index is 12.7. The fourth-order valence-electron chi connectivity index (χ4n) is 2.73. The van der Waals surface area contributed by atoms with Crippen LogP contribution >= 0.6 is 34.5 Å². The average Bonchev–Trinajstić information content (AvgIpc) is 3.06. The van der Waals surface area contributed by atoms with E-state index in [9.17, 15) is 9.59 Å². The van der Waals surface area contributed by atoms with E-state index in [0.29, 0.717) is 42.0 Å². The highest BCUT2D eigenvalue weighted by atomic mass is 35.5. The number of ketones is 1. The molecule has 0 radical (unpaired) electrons. The van der Waals surface area contributed by atoms with E-state index in [0.717, 1.165) is 0 Å². The molecule has 4 aromatic rings. The highest BCUT2D eigenvalue weighted by molar-refractivity contribution is 7.18. The number of rotatable bonds is 3. The Kier molecular flexibility index (Phi) is 4.36. The minimum atomic E-state index is -0.461. The highest BCUT2D eigenvalue weighted by Crippen LogP contribution is 2.29. The van der Waals surface area contributed by atoms with Gasteiger partial charge in [0.15, 0.2) is 0 Å². The number of aromatic nitrogens is 2. The summed E-state index contributed by atoms with van der Waals surface area (Å²) in [6.45, 7) is 0. The third-order valence-corrected chi connectivity index (χ3v) is 5.35. The van der Waals surface area contributed by atoms with Crippen molar-refractivity contribution in [1.82, 2.24) is 9.97 Å². The van der Waals surface area contributed by atoms with E-state index in [4.69, 9.17) is 23.2 Å². The van der Waals surface area contributed by atoms with Gasteiger partial charge in [-0.15, -0.1) is 11.3 Å². The van der Waals surface area contributed by atoms with Gasteiger partial charge in [0.05, 0.1) is 20.4 Å². The third kappa shape index (κ3) is 3.17. The zero-order valence-corrected chi connectivity index (χ0v) is 15.5. The van der Waals surface area contributed by atoms with Gasteiger partial charge in [-0.1, -0.05) is 35.3 Å². The van der Waals surface area contributed by atoms with Gasteiger partial charge < -0.3 is 4.98 Å². The number of H-pyrrole nitrogens is 1. The number of fused-ring (bicyclic) bond motifs is 1. The van der Waals surface area contributed by atoms with Crippen molar-refractivity contribution in [3.8, 4) is 11.3 Å². The van der Waals surface area contributed by atoms with Crippen molar-refractivity contribution in [2.45, 2.75) is 0 Å². The predicted molar refractivity (Wildman–Crippen MR) is 106 cm³/mol. The van der Waals surface area contributed by atoms with Crippen LogP contribution < -0.4 is 5.69 Å². The lowest BCUT2D eigenvalue weighted by atomic mass is 10.0. The minimum Gasteiger partial charge on any atom is -0.305 e. The summed E-state index contributed by atoms with van der Waals surface area (Å²) in [6, 6.07) is 15.6. The van der Waals surface area contributed by atoms with Crippen LogP contribution in [0, 0.1) is 0 Å². The smallest absolute Gasteiger partial charge is 0.305 e. The average molecular weight is 401 g/mol. The number of benzene rings is 2. The minimum absolute atomic E-state index is 0.132. The molecule has 0 aliphatic heterocycles. The molecular weight excluding hydrogens is 391 g/mol. The molecule has 0 saturated heterocycles. The number of carbonyl (C=O) groups excluding carboxylic acids is 1. The Bertz CT molecular complexity index is 1210. The van der Waals surface area contributed by atoms with Crippen LogP contribution in [0.2, 0.25) is 9.36 Å². The molecule has 0 aliphatic carbocycles. The molecule has 0 unspecified atom stereocenters. The second-order valence-electron chi connectivity index (χ2n) is 5.59. The summed E-state index contributed by atoms with van der Waals surface area (Å²) in [4.78, 5) is 32.0. The van der Waals surface area contributed by atoms with E-state index in [2.05, 4.69) is 9.97 Å². The van der Waals surface area contributed by atoms with Gasteiger partial charge in [0.1, 0.15) is 0 Å². The monoisotopic (exact) mass is 400 g/mol. The molecule has 0 aliphatic rings. The zero-order chi connectivity index (χ0) is 18.3. The van der Waals surface area contributed by atoms with E-state index in [1.54, 1.807) is 48.5 Å². The second-order valence-corrected chi connectivity index (χ2v) is 7.75. The van der Waals surface area contributed by atoms with Crippen LogP contribution in [-0.2, 0) is 0 Å². The van der Waals surface area contributed by atoms with Crippen molar-refractivity contribution in [2.75, 3.05) is 0 Å². The fourth-order valence-corrected chi connectivity index (χ4v) is 3.93. The molecule has 4 rings (SSSR count). The lowest BCUT2D eigenvalue weighted by Crippen LogP contribution is -2.12. The maximum Gasteiger partial charge on any atom is 0.345 e. The van der Waals surface area contributed by atoms with Crippen molar-refractivity contribution in [3.63, 3.8) is 0 Å². The number of nitrogens with one attached hydrogen (secondary N) is 1. The van der Waals surface area contributed by atoms with Gasteiger partial charge in [-0.05, 0) is 42.5 Å². The van der Waals surface area contributed by atoms with Gasteiger partial charge >= 0.3 is 5.69 Å². The van der Waals surface area contributed by atoms with Crippen molar-refractivity contribution in [3.05, 3.63) is 84.9 Å². The van der Waals surface area contributed by atoms with Gasteiger partial charge in [-0.25, -0.2) is 4.79 Å². The van der Waals surface area contributed by atoms with Crippen LogP contribution in [0.25, 0.3) is 22.2 Å². The maximum absolute atomic E-state index is 12.7. The van der Waals surface area contributed by atoms with Gasteiger partial charge in [0.25, 0.3) is 0 Å². The molecule has 2 heterocycles. The first kappa shape index (κ1) is 17.0. The van der Waals surface area contributed by atoms with Crippen LogP contribution in [-0.4, -0.2) is 15.8 Å². The summed E-state index contributed by atoms with van der Waals surface area (Å²) >= 11 is 13.2. The van der Waals surface area contributed by atoms with Gasteiger partial charge in [0, 0.05) is 21.5 Å². The Hall–Kier alpha value is -2.47. The summed E-state index contributed by atoms with van der Waals surface area (Å²) in [5.74, 6) is -0.132. The summed E-state index contributed by atoms with van der Waals surface area (Å²) in [7, 11) is 0. The Morgan fingerprint density at radius 3 is 2.62 bits per heavy atom. The predicted octanol–water partition coefficient (Wildman–Crippen LogP) is 5.19. The van der Waals surface area contributed by atoms with Gasteiger partial charge in [-0.2, -0.15) is 4.98 Å². The number of halogens is 2. The third-order valence-electron chi connectivity index (χ3n) is 3.89. The molecule has 2 aromatic heterocycles. The number of thiophene rings is 1. The second kappa shape index (κ2) is 6.68. The molecule has 0 amide bonds. The van der Waals surface area contributed by atoms with E-state index < -0.39 is 5.69 Å². The van der Waals surface area contributed by atoms with Crippen molar-refractivity contribution < 1.29 is 4.79 Å². The first-order chi connectivity index (χ1) is 12.5. The van der Waals surface area contributed by atoms with E-state index in [1.165, 1.54) is 11.3 Å². The van der Waals surface area contributed by atoms with Crippen molar-refractivity contribution in [2.24, 2.45) is 0 Å². The number of aromatic amines is 1. The molecule has 0 bridgehead atoms. The SMILES string of the molecule is O=C(c1ccc2[nH]c(=O)nc(-c3cccc(Cl)c3)c2c1)c1ccc(Cl)s1. The molecule has 1 N–H and O–H groups in total. The standard InChI is InChI=1S/C19H10Cl2N2O2S/c20-12-3-1-2-10(8-12)17-13-9-11(4-5-14(13)22-19(25)23-17)18(24)15-6-7-16(21)26-15/h1-9H,(H,22,23,25). The molecule has 0 atom stereocenters. The van der Waals surface area contributed by atoms with Crippen LogP contribution in [0.1, 0.15) is 15.2 Å². The molecule has 26 heavy (non-hydrogen) atoms. The summed E-state index contributed by atoms with van der Waals surface area (Å²) in [6.07, 6.45) is 0. The molecule has 0 spiro atoms. The molecule has 0 saturated carbocycles. The Balaban J connectivity index is 1.92. The van der Waals surface area contributed by atoms with Crippen LogP contribution in [0.4, 0.5) is 0 Å². The van der Waals surface area contributed by atoms with Crippen molar-refractivity contribution in [1.29, 1.82) is 0 Å². The van der Waals surface area contributed by atoms with Crippen LogP contribution in [0.3, 0.4) is 0 Å². The quantitative estimate of drug-likeness (QED) is 0.481. The lowest BCUT2D eigenvalue weighted by Gasteiger charge is -2.07. The summed E-state index contributed by atoms with van der Waals surface area (Å²) in [5, 5.41) is 1.21. The van der Waals surface area contributed by atoms with E-state index in [1.807, 2.05) is 6.07 Å². The lowest BCUT2D eigenvalue weighted by molar-refractivity contribution is 0.104. The number of hydrogen-bond donors (Lipinski definition) is 1. The molecule has 4 nitrogen and oxygen atoms in total. The first-order valence-electron chi connectivity index (χ1n) is 7.61. The van der Waals surface area contributed by atoms with Gasteiger partial charge in [-0.3, -0.25) is 4.79 Å². The van der Waals surface area contributed by atoms with Crippen molar-refractivity contribution >= 4 is 51.2 Å². The Morgan fingerprint density at radius 2 is 1.88 bits per heavy atom. The number of nitrogens with zero attached hydrogens (tertiary/aromatic N) is 1. The summed E-state index contributed by atoms with van der Waals surface area (Å²) in [5.41, 5.74) is 1.81. The van der Waals surface area contributed by atoms with Gasteiger partial charge in [0.2, 0.25) is 5.78 Å². The van der Waals surface area contributed by atoms with Crippen LogP contribution in [0.15, 0.2) is 59.4 Å². The molecule has 128 valence electrons. The Labute approximate surface area is 162 Å². The normalized spacial score (nSPS) is 11.0. The highest BCUT2D eigenvalue weighted by Gasteiger charge is 2.15. The number of carbonyl (C=O) groups is 1. The van der Waals surface area contributed by atoms with E-state index in [-0.39, 0.29) is 5.78 Å². The first-order valence-corrected chi connectivity index (χ1v) is 9.18. The zero-order valence-electron chi connectivity index (χ0n) is 13.1. The molecule has 2 aromatic carbocycles. The number of hydrogen-bond acceptors (Lipinski definition) is 4. The fraction of sp³-hybridized carbons (Fsp3) is 0. The van der Waals surface area contributed by atoms with E-state index >= 15 is 0 Å². The van der Waals surface area contributed by atoms with Crippen LogP contribution in [0.5, 0.6) is 0 Å². The molecular formula is C19H10Cl2N2O2S. The Morgan fingerprint density at radius 1 is 1.04 bits per heavy atom. The topological polar surface area (TPSA) is 62.8 Å². The largest absolute Gasteiger partial charge is 0.345 e. The molecule has 0 fully saturated rings. The molecule has 7 heteroatoms. The summed E-state index contributed by atoms with van der Waals surface area (Å²) < 4.78 is 0.555.